The lowest BCUT2D eigenvalue weighted by atomic mass is 9.86. The standard InChI is InChI=1S/C13H17BIO2/c1-7(2)10-5-9(13(17)14-15)6-11(8(3)4)12(10)16/h5-8,16H,1-4H3. The number of aromatic hydroxyl groups is 1. The fourth-order valence-electron chi connectivity index (χ4n) is 1.77. The average molecular weight is 343 g/mol. The summed E-state index contributed by atoms with van der Waals surface area (Å²) in [5.41, 5.74) is 2.34. The highest BCUT2D eigenvalue weighted by atomic mass is 127. The van der Waals surface area contributed by atoms with Gasteiger partial charge in [-0.3, -0.25) is 0 Å². The summed E-state index contributed by atoms with van der Waals surface area (Å²) in [4.78, 5) is 11.7. The Kier molecular flexibility index (Phi) is 5.04. The van der Waals surface area contributed by atoms with Crippen LogP contribution in [0.3, 0.4) is 0 Å². The minimum absolute atomic E-state index is 0.00519. The van der Waals surface area contributed by atoms with Crippen LogP contribution >= 0.6 is 22.4 Å². The van der Waals surface area contributed by atoms with E-state index in [0.29, 0.717) is 11.3 Å². The summed E-state index contributed by atoms with van der Waals surface area (Å²) in [6.45, 7) is 8.06. The second-order valence-electron chi connectivity index (χ2n) is 4.79. The van der Waals surface area contributed by atoms with E-state index in [2.05, 4.69) is 0 Å². The van der Waals surface area contributed by atoms with Crippen molar-refractivity contribution in [2.45, 2.75) is 39.5 Å². The molecule has 1 N–H and O–H groups in total. The van der Waals surface area contributed by atoms with Gasteiger partial charge in [0.2, 0.25) is 0 Å². The number of benzene rings is 1. The molecule has 1 aromatic rings. The fraction of sp³-hybridized carbons (Fsp3) is 0.462. The molecule has 0 bridgehead atoms. The molecule has 0 unspecified atom stereocenters. The molecule has 1 rings (SSSR count). The highest BCUT2D eigenvalue weighted by molar-refractivity contribution is 14.1. The first-order chi connectivity index (χ1) is 7.88. The normalized spacial score (nSPS) is 11.0. The molecule has 1 radical (unpaired) electrons. The summed E-state index contributed by atoms with van der Waals surface area (Å²) in [5.74, 6) is 0.740. The van der Waals surface area contributed by atoms with Gasteiger partial charge in [0.05, 0.1) is 0 Å². The Balaban J connectivity index is 3.42. The predicted octanol–water partition coefficient (Wildman–Crippen LogP) is 3.83. The van der Waals surface area contributed by atoms with Crippen LogP contribution in [0.1, 0.15) is 61.0 Å². The largest absolute Gasteiger partial charge is 0.507 e. The molecule has 17 heavy (non-hydrogen) atoms. The third-order valence-electron chi connectivity index (χ3n) is 2.80. The fourth-order valence-corrected chi connectivity index (χ4v) is 2.13. The van der Waals surface area contributed by atoms with Crippen LogP contribution in [0.15, 0.2) is 12.1 Å². The molecule has 1 aromatic carbocycles. The number of carbonyl (C=O) groups is 1. The van der Waals surface area contributed by atoms with E-state index in [1.807, 2.05) is 50.1 Å². The Labute approximate surface area is 117 Å². The maximum Gasteiger partial charge on any atom is 0.294 e. The molecular formula is C13H17BIO2. The summed E-state index contributed by atoms with van der Waals surface area (Å²) < 4.78 is 0. The maximum atomic E-state index is 11.7. The SMILES string of the molecule is CC(C)c1cc(C(=O)[B]I)cc(C(C)C)c1O. The summed E-state index contributed by atoms with van der Waals surface area (Å²) in [7, 11) is 0. The lowest BCUT2D eigenvalue weighted by Gasteiger charge is -2.16. The smallest absolute Gasteiger partial charge is 0.294 e. The van der Waals surface area contributed by atoms with Gasteiger partial charge in [-0.05, 0) is 35.1 Å². The van der Waals surface area contributed by atoms with Crippen LogP contribution in [0.5, 0.6) is 5.75 Å². The van der Waals surface area contributed by atoms with E-state index >= 15 is 0 Å². The molecule has 0 aliphatic carbocycles. The molecular weight excluding hydrogens is 326 g/mol. The van der Waals surface area contributed by atoms with Gasteiger partial charge in [0.25, 0.3) is 5.14 Å². The molecule has 0 aliphatic heterocycles. The zero-order valence-corrected chi connectivity index (χ0v) is 12.8. The van der Waals surface area contributed by atoms with E-state index in [4.69, 9.17) is 0 Å². The molecule has 91 valence electrons. The average Bonchev–Trinajstić information content (AvgIpc) is 2.27. The Bertz CT molecular complexity index is 398. The topological polar surface area (TPSA) is 37.3 Å². The van der Waals surface area contributed by atoms with Gasteiger partial charge in [-0.1, -0.05) is 27.7 Å². The first-order valence-corrected chi connectivity index (χ1v) is 6.97. The zero-order valence-electron chi connectivity index (χ0n) is 10.6. The van der Waals surface area contributed by atoms with Gasteiger partial charge in [-0.25, -0.2) is 0 Å². The zero-order chi connectivity index (χ0) is 13.2. The lowest BCUT2D eigenvalue weighted by Crippen LogP contribution is -2.07. The first kappa shape index (κ1) is 14.5. The van der Waals surface area contributed by atoms with Crippen molar-refractivity contribution in [3.8, 4) is 5.75 Å². The van der Waals surface area contributed by atoms with E-state index in [1.165, 1.54) is 5.14 Å². The highest BCUT2D eigenvalue weighted by Gasteiger charge is 2.17. The summed E-state index contributed by atoms with van der Waals surface area (Å²) in [6, 6.07) is 3.59. The van der Waals surface area contributed by atoms with Crippen molar-refractivity contribution in [3.05, 3.63) is 28.8 Å². The highest BCUT2D eigenvalue weighted by Crippen LogP contribution is 2.34. The van der Waals surface area contributed by atoms with Crippen molar-refractivity contribution in [1.29, 1.82) is 0 Å². The lowest BCUT2D eigenvalue weighted by molar-refractivity contribution is 0.108. The molecule has 4 heteroatoms. The number of rotatable bonds is 4. The molecule has 0 saturated heterocycles. The van der Waals surface area contributed by atoms with Crippen LogP contribution in [0.25, 0.3) is 0 Å². The molecule has 0 spiro atoms. The van der Waals surface area contributed by atoms with Crippen molar-refractivity contribution in [3.63, 3.8) is 0 Å². The summed E-state index contributed by atoms with van der Waals surface area (Å²) in [5, 5.41) is 11.7. The molecule has 0 fully saturated rings. The third kappa shape index (κ3) is 3.24. The Morgan fingerprint density at radius 1 is 1.18 bits per heavy atom. The molecule has 0 amide bonds. The number of hydrogen-bond donors (Lipinski definition) is 1. The number of hydrogen-bond acceptors (Lipinski definition) is 2. The second-order valence-corrected chi connectivity index (χ2v) is 5.41. The van der Waals surface area contributed by atoms with Gasteiger partial charge in [0, 0.05) is 5.56 Å². The summed E-state index contributed by atoms with van der Waals surface area (Å²) >= 11 is 1.95. The molecule has 0 saturated carbocycles. The first-order valence-electron chi connectivity index (χ1n) is 5.73. The molecule has 0 heterocycles. The van der Waals surface area contributed by atoms with E-state index in [-0.39, 0.29) is 17.5 Å². The van der Waals surface area contributed by atoms with Gasteiger partial charge in [-0.15, -0.1) is 22.4 Å². The van der Waals surface area contributed by atoms with Gasteiger partial charge < -0.3 is 9.90 Å². The number of phenolic OH excluding ortho intramolecular Hbond substituents is 1. The van der Waals surface area contributed by atoms with E-state index in [1.54, 1.807) is 12.1 Å². The Hall–Kier alpha value is -0.515. The molecule has 0 atom stereocenters. The van der Waals surface area contributed by atoms with Gasteiger partial charge in [0.1, 0.15) is 11.4 Å². The van der Waals surface area contributed by atoms with Crippen LogP contribution < -0.4 is 0 Å². The van der Waals surface area contributed by atoms with Gasteiger partial charge in [0.15, 0.2) is 0 Å². The van der Waals surface area contributed by atoms with Crippen LogP contribution in [0.2, 0.25) is 0 Å². The Morgan fingerprint density at radius 3 is 1.88 bits per heavy atom. The van der Waals surface area contributed by atoms with Gasteiger partial charge >= 0.3 is 0 Å². The minimum atomic E-state index is -0.00519. The van der Waals surface area contributed by atoms with E-state index in [9.17, 15) is 9.90 Å². The van der Waals surface area contributed by atoms with Crippen LogP contribution in [0, 0.1) is 0 Å². The van der Waals surface area contributed by atoms with E-state index in [0.717, 1.165) is 11.1 Å². The molecule has 0 aliphatic rings. The van der Waals surface area contributed by atoms with Crippen LogP contribution in [0.4, 0.5) is 0 Å². The number of carbonyl (C=O) groups excluding carboxylic acids is 1. The van der Waals surface area contributed by atoms with Crippen molar-refractivity contribution in [2.75, 3.05) is 0 Å². The molecule has 0 aromatic heterocycles. The second kappa shape index (κ2) is 5.89. The van der Waals surface area contributed by atoms with Crippen molar-refractivity contribution < 1.29 is 9.90 Å². The van der Waals surface area contributed by atoms with Crippen LogP contribution in [-0.4, -0.2) is 15.9 Å². The number of phenols is 1. The van der Waals surface area contributed by atoms with Crippen molar-refractivity contribution >= 4 is 33.2 Å². The predicted molar refractivity (Wildman–Crippen MR) is 80.4 cm³/mol. The summed E-state index contributed by atoms with van der Waals surface area (Å²) in [6.07, 6.45) is 0. The van der Waals surface area contributed by atoms with Crippen LogP contribution in [-0.2, 0) is 0 Å². The number of halogens is 1. The minimum Gasteiger partial charge on any atom is -0.507 e. The van der Waals surface area contributed by atoms with Crippen molar-refractivity contribution in [2.24, 2.45) is 0 Å². The molecule has 2 nitrogen and oxygen atoms in total. The third-order valence-corrected chi connectivity index (χ3v) is 3.36. The van der Waals surface area contributed by atoms with Gasteiger partial charge in [-0.2, -0.15) is 0 Å². The van der Waals surface area contributed by atoms with Crippen molar-refractivity contribution in [1.82, 2.24) is 0 Å². The quantitative estimate of drug-likeness (QED) is 0.667. The Morgan fingerprint density at radius 2 is 1.59 bits per heavy atom. The maximum absolute atomic E-state index is 11.7. The van der Waals surface area contributed by atoms with E-state index < -0.39 is 0 Å². The monoisotopic (exact) mass is 343 g/mol.